The summed E-state index contributed by atoms with van der Waals surface area (Å²) >= 11 is 0. The van der Waals surface area contributed by atoms with Gasteiger partial charge in [-0.1, -0.05) is 12.1 Å². The van der Waals surface area contributed by atoms with Gasteiger partial charge in [-0.05, 0) is 37.0 Å². The maximum atomic E-state index is 11.8. The van der Waals surface area contributed by atoms with E-state index in [9.17, 15) is 9.90 Å². The molecule has 92 valence electrons. The second-order valence-corrected chi connectivity index (χ2v) is 4.62. The van der Waals surface area contributed by atoms with Crippen LogP contribution in [-0.4, -0.2) is 23.1 Å². The Morgan fingerprint density at radius 1 is 1.47 bits per heavy atom. The Morgan fingerprint density at radius 2 is 2.29 bits per heavy atom. The van der Waals surface area contributed by atoms with Crippen molar-refractivity contribution >= 4 is 5.91 Å². The van der Waals surface area contributed by atoms with Crippen LogP contribution in [0.4, 0.5) is 0 Å². The van der Waals surface area contributed by atoms with E-state index in [1.165, 1.54) is 0 Å². The van der Waals surface area contributed by atoms with Crippen LogP contribution < -0.4 is 11.1 Å². The normalized spacial score (nSPS) is 23.6. The number of hydrogen-bond acceptors (Lipinski definition) is 3. The first-order valence-corrected chi connectivity index (χ1v) is 5.98. The van der Waals surface area contributed by atoms with Gasteiger partial charge in [0, 0.05) is 12.1 Å². The van der Waals surface area contributed by atoms with Gasteiger partial charge in [0.1, 0.15) is 5.75 Å². The molecule has 1 aliphatic rings. The molecule has 1 saturated carbocycles. The lowest BCUT2D eigenvalue weighted by atomic mass is 10.1. The largest absolute Gasteiger partial charge is 0.508 e. The second-order valence-electron chi connectivity index (χ2n) is 4.62. The van der Waals surface area contributed by atoms with Crippen LogP contribution >= 0.6 is 0 Å². The number of phenols is 1. The van der Waals surface area contributed by atoms with Crippen LogP contribution in [0.2, 0.25) is 0 Å². The van der Waals surface area contributed by atoms with Crippen molar-refractivity contribution in [3.63, 3.8) is 0 Å². The highest BCUT2D eigenvalue weighted by Gasteiger charge is 2.25. The van der Waals surface area contributed by atoms with Gasteiger partial charge >= 0.3 is 0 Å². The summed E-state index contributed by atoms with van der Waals surface area (Å²) in [5, 5.41) is 12.3. The van der Waals surface area contributed by atoms with Crippen LogP contribution in [0.5, 0.6) is 5.75 Å². The smallest absolute Gasteiger partial charge is 0.224 e. The highest BCUT2D eigenvalue weighted by Crippen LogP contribution is 2.17. The first-order chi connectivity index (χ1) is 8.15. The lowest BCUT2D eigenvalue weighted by molar-refractivity contribution is -0.121. The summed E-state index contributed by atoms with van der Waals surface area (Å²) in [7, 11) is 0. The molecule has 0 heterocycles. The summed E-state index contributed by atoms with van der Waals surface area (Å²) in [6.45, 7) is 0. The predicted molar refractivity (Wildman–Crippen MR) is 65.6 cm³/mol. The summed E-state index contributed by atoms with van der Waals surface area (Å²) in [6.07, 6.45) is 3.32. The maximum absolute atomic E-state index is 11.8. The van der Waals surface area contributed by atoms with Crippen LogP contribution in [0.3, 0.4) is 0 Å². The van der Waals surface area contributed by atoms with Gasteiger partial charge in [-0.3, -0.25) is 4.79 Å². The van der Waals surface area contributed by atoms with Crippen molar-refractivity contribution in [3.05, 3.63) is 29.8 Å². The first-order valence-electron chi connectivity index (χ1n) is 5.98. The summed E-state index contributed by atoms with van der Waals surface area (Å²) in [5.41, 5.74) is 6.70. The number of rotatable bonds is 3. The topological polar surface area (TPSA) is 75.3 Å². The maximum Gasteiger partial charge on any atom is 0.224 e. The molecule has 1 fully saturated rings. The van der Waals surface area contributed by atoms with E-state index >= 15 is 0 Å². The molecule has 1 aliphatic carbocycles. The summed E-state index contributed by atoms with van der Waals surface area (Å²) in [6, 6.07) is 6.96. The number of hydrogen-bond donors (Lipinski definition) is 3. The molecule has 0 aliphatic heterocycles. The Hall–Kier alpha value is -1.55. The van der Waals surface area contributed by atoms with E-state index in [0.29, 0.717) is 0 Å². The number of aromatic hydroxyl groups is 1. The molecular weight excluding hydrogens is 216 g/mol. The molecule has 2 atom stereocenters. The molecule has 0 spiro atoms. The van der Waals surface area contributed by atoms with E-state index in [-0.39, 0.29) is 30.2 Å². The van der Waals surface area contributed by atoms with Gasteiger partial charge in [0.05, 0.1) is 6.42 Å². The van der Waals surface area contributed by atoms with Gasteiger partial charge in [0.2, 0.25) is 5.91 Å². The first kappa shape index (κ1) is 11.9. The molecule has 0 saturated heterocycles. The Kier molecular flexibility index (Phi) is 3.64. The molecule has 1 aromatic rings. The highest BCUT2D eigenvalue weighted by molar-refractivity contribution is 5.79. The van der Waals surface area contributed by atoms with Gasteiger partial charge in [-0.2, -0.15) is 0 Å². The van der Waals surface area contributed by atoms with E-state index in [0.717, 1.165) is 24.8 Å². The number of nitrogens with two attached hydrogens (primary N) is 1. The quantitative estimate of drug-likeness (QED) is 0.728. The minimum atomic E-state index is -0.0297. The van der Waals surface area contributed by atoms with Gasteiger partial charge in [-0.15, -0.1) is 0 Å². The second kappa shape index (κ2) is 5.19. The van der Waals surface area contributed by atoms with Crippen LogP contribution in [0.15, 0.2) is 24.3 Å². The van der Waals surface area contributed by atoms with Crippen molar-refractivity contribution in [1.82, 2.24) is 5.32 Å². The zero-order valence-electron chi connectivity index (χ0n) is 9.73. The number of carbonyl (C=O) groups excluding carboxylic acids is 1. The SMILES string of the molecule is NC1CCCC1NC(=O)Cc1cccc(O)c1. The number of carbonyl (C=O) groups is 1. The van der Waals surface area contributed by atoms with E-state index in [1.54, 1.807) is 18.2 Å². The van der Waals surface area contributed by atoms with Crippen LogP contribution in [0.1, 0.15) is 24.8 Å². The van der Waals surface area contributed by atoms with E-state index in [1.807, 2.05) is 6.07 Å². The monoisotopic (exact) mass is 234 g/mol. The molecule has 1 amide bonds. The Morgan fingerprint density at radius 3 is 2.94 bits per heavy atom. The van der Waals surface area contributed by atoms with Crippen molar-refractivity contribution in [2.24, 2.45) is 5.73 Å². The van der Waals surface area contributed by atoms with E-state index in [4.69, 9.17) is 5.73 Å². The standard InChI is InChI=1S/C13H18N2O2/c14-11-5-2-6-12(11)15-13(17)8-9-3-1-4-10(16)7-9/h1,3-4,7,11-12,16H,2,5-6,8,14H2,(H,15,17). The lowest BCUT2D eigenvalue weighted by Gasteiger charge is -2.17. The van der Waals surface area contributed by atoms with Crippen molar-refractivity contribution in [2.45, 2.75) is 37.8 Å². The highest BCUT2D eigenvalue weighted by atomic mass is 16.3. The molecule has 4 N–H and O–H groups in total. The molecule has 4 heteroatoms. The van der Waals surface area contributed by atoms with Gasteiger partial charge < -0.3 is 16.2 Å². The summed E-state index contributed by atoms with van der Waals surface area (Å²) < 4.78 is 0. The van der Waals surface area contributed by atoms with Crippen LogP contribution in [0, 0.1) is 0 Å². The number of phenolic OH excluding ortho intramolecular Hbond substituents is 1. The van der Waals surface area contributed by atoms with Gasteiger partial charge in [0.25, 0.3) is 0 Å². The molecule has 2 unspecified atom stereocenters. The third-order valence-electron chi connectivity index (χ3n) is 3.19. The van der Waals surface area contributed by atoms with Crippen molar-refractivity contribution in [3.8, 4) is 5.75 Å². The molecule has 0 aromatic heterocycles. The minimum Gasteiger partial charge on any atom is -0.508 e. The molecule has 4 nitrogen and oxygen atoms in total. The Bertz CT molecular complexity index is 406. The minimum absolute atomic E-state index is 0.0297. The molecule has 2 rings (SSSR count). The van der Waals surface area contributed by atoms with Crippen molar-refractivity contribution < 1.29 is 9.90 Å². The van der Waals surface area contributed by atoms with E-state index < -0.39 is 0 Å². The third kappa shape index (κ3) is 3.20. The fourth-order valence-corrected chi connectivity index (χ4v) is 2.28. The summed E-state index contributed by atoms with van der Waals surface area (Å²) in [5.74, 6) is 0.158. The predicted octanol–water partition coefficient (Wildman–Crippen LogP) is 0.931. The summed E-state index contributed by atoms with van der Waals surface area (Å²) in [4.78, 5) is 11.8. The fraction of sp³-hybridized carbons (Fsp3) is 0.462. The molecule has 1 aromatic carbocycles. The third-order valence-corrected chi connectivity index (χ3v) is 3.19. The van der Waals surface area contributed by atoms with Gasteiger partial charge in [-0.25, -0.2) is 0 Å². The zero-order chi connectivity index (χ0) is 12.3. The van der Waals surface area contributed by atoms with Crippen molar-refractivity contribution in [1.29, 1.82) is 0 Å². The zero-order valence-corrected chi connectivity index (χ0v) is 9.73. The van der Waals surface area contributed by atoms with Gasteiger partial charge in [0.15, 0.2) is 0 Å². The van der Waals surface area contributed by atoms with Crippen LogP contribution in [0.25, 0.3) is 0 Å². The van der Waals surface area contributed by atoms with Crippen molar-refractivity contribution in [2.75, 3.05) is 0 Å². The lowest BCUT2D eigenvalue weighted by Crippen LogP contribution is -2.44. The Labute approximate surface area is 101 Å². The molecule has 17 heavy (non-hydrogen) atoms. The average molecular weight is 234 g/mol. The molecule has 0 bridgehead atoms. The molecule has 0 radical (unpaired) electrons. The van der Waals surface area contributed by atoms with Crippen LogP contribution in [-0.2, 0) is 11.2 Å². The number of nitrogens with one attached hydrogen (secondary N) is 1. The number of benzene rings is 1. The average Bonchev–Trinajstić information content (AvgIpc) is 2.64. The fourth-order valence-electron chi connectivity index (χ4n) is 2.28. The van der Waals surface area contributed by atoms with E-state index in [2.05, 4.69) is 5.32 Å². The molecular formula is C13H18N2O2. The Balaban J connectivity index is 1.89. The number of amides is 1.